The van der Waals surface area contributed by atoms with Crippen molar-refractivity contribution < 1.29 is 13.6 Å². The van der Waals surface area contributed by atoms with E-state index in [4.69, 9.17) is 13.8 Å². The van der Waals surface area contributed by atoms with Gasteiger partial charge in [0.25, 0.3) is 5.91 Å². The SMILES string of the molecule is CC(C)c1cccc2sc(N(Cc3ccco3)C(=O)c3cc4c(ccc5ccccc54)oc3=O)nc12. The van der Waals surface area contributed by atoms with Crippen LogP contribution in [0.4, 0.5) is 5.13 Å². The molecule has 0 radical (unpaired) electrons. The minimum Gasteiger partial charge on any atom is -0.467 e. The molecule has 6 nitrogen and oxygen atoms in total. The Bertz CT molecular complexity index is 1800. The van der Waals surface area contributed by atoms with Crippen LogP contribution in [0.25, 0.3) is 32.0 Å². The fourth-order valence-electron chi connectivity index (χ4n) is 4.49. The van der Waals surface area contributed by atoms with Crippen LogP contribution >= 0.6 is 11.3 Å². The van der Waals surface area contributed by atoms with E-state index in [-0.39, 0.29) is 18.0 Å². The molecule has 7 heteroatoms. The summed E-state index contributed by atoms with van der Waals surface area (Å²) in [5.41, 5.74) is 1.68. The first kappa shape index (κ1) is 22.2. The summed E-state index contributed by atoms with van der Waals surface area (Å²) in [6, 6.07) is 22.7. The first-order valence-corrected chi connectivity index (χ1v) is 12.5. The number of furan rings is 1. The summed E-state index contributed by atoms with van der Waals surface area (Å²) in [6.07, 6.45) is 1.56. The third-order valence-electron chi connectivity index (χ3n) is 6.30. The van der Waals surface area contributed by atoms with Crippen molar-refractivity contribution in [3.05, 3.63) is 106 Å². The molecule has 0 bridgehead atoms. The van der Waals surface area contributed by atoms with Crippen molar-refractivity contribution in [3.8, 4) is 0 Å². The van der Waals surface area contributed by atoms with Gasteiger partial charge in [-0.2, -0.15) is 0 Å². The van der Waals surface area contributed by atoms with Gasteiger partial charge in [0.05, 0.1) is 23.0 Å². The molecule has 0 aliphatic heterocycles. The van der Waals surface area contributed by atoms with Gasteiger partial charge in [0.2, 0.25) is 0 Å². The molecular formula is C29H22N2O4S. The lowest BCUT2D eigenvalue weighted by Crippen LogP contribution is -2.33. The number of carbonyl (C=O) groups excluding carboxylic acids is 1. The molecule has 3 aromatic carbocycles. The maximum atomic E-state index is 14.0. The summed E-state index contributed by atoms with van der Waals surface area (Å²) in [5, 5.41) is 3.11. The van der Waals surface area contributed by atoms with E-state index in [0.717, 1.165) is 26.6 Å². The van der Waals surface area contributed by atoms with E-state index in [2.05, 4.69) is 19.9 Å². The average molecular weight is 495 g/mol. The number of nitrogens with zero attached hydrogens (tertiary/aromatic N) is 2. The highest BCUT2D eigenvalue weighted by molar-refractivity contribution is 7.22. The molecular weight excluding hydrogens is 472 g/mol. The Morgan fingerprint density at radius 3 is 2.67 bits per heavy atom. The van der Waals surface area contributed by atoms with Crippen LogP contribution in [0.1, 0.15) is 41.4 Å². The standard InChI is InChI=1S/C29H22N2O4S/c1-17(2)20-10-5-11-25-26(20)30-29(36-25)31(16-19-8-6-14-34-19)27(32)23-15-22-21-9-4-3-7-18(21)12-13-24(22)35-28(23)33/h3-15,17H,16H2,1-2H3. The first-order valence-electron chi connectivity index (χ1n) is 11.7. The molecule has 3 heterocycles. The van der Waals surface area contributed by atoms with Crippen LogP contribution in [-0.4, -0.2) is 10.9 Å². The Labute approximate surface area is 210 Å². The zero-order chi connectivity index (χ0) is 24.8. The van der Waals surface area contributed by atoms with E-state index < -0.39 is 11.5 Å². The fraction of sp³-hybridized carbons (Fsp3) is 0.138. The van der Waals surface area contributed by atoms with E-state index in [1.807, 2.05) is 42.5 Å². The first-order chi connectivity index (χ1) is 17.5. The number of benzene rings is 3. The Balaban J connectivity index is 1.52. The largest absolute Gasteiger partial charge is 0.467 e. The lowest BCUT2D eigenvalue weighted by atomic mass is 10.0. The van der Waals surface area contributed by atoms with E-state index in [9.17, 15) is 9.59 Å². The van der Waals surface area contributed by atoms with Gasteiger partial charge in [0.15, 0.2) is 5.13 Å². The smallest absolute Gasteiger partial charge is 0.349 e. The summed E-state index contributed by atoms with van der Waals surface area (Å²) >= 11 is 1.41. The van der Waals surface area contributed by atoms with Crippen molar-refractivity contribution in [2.45, 2.75) is 26.3 Å². The number of amides is 1. The Morgan fingerprint density at radius 2 is 1.86 bits per heavy atom. The normalized spacial score (nSPS) is 11.6. The number of aromatic nitrogens is 1. The van der Waals surface area contributed by atoms with Gasteiger partial charge in [-0.3, -0.25) is 9.69 Å². The maximum Gasteiger partial charge on any atom is 0.349 e. The van der Waals surface area contributed by atoms with Gasteiger partial charge in [-0.05, 0) is 52.6 Å². The van der Waals surface area contributed by atoms with Crippen LogP contribution in [0.3, 0.4) is 0 Å². The van der Waals surface area contributed by atoms with Crippen molar-refractivity contribution in [2.75, 3.05) is 4.90 Å². The number of anilines is 1. The summed E-state index contributed by atoms with van der Waals surface area (Å²) in [6.45, 7) is 4.37. The third kappa shape index (κ3) is 3.78. The quantitative estimate of drug-likeness (QED) is 0.188. The Morgan fingerprint density at radius 1 is 1.00 bits per heavy atom. The van der Waals surface area contributed by atoms with Crippen molar-refractivity contribution in [1.29, 1.82) is 0 Å². The summed E-state index contributed by atoms with van der Waals surface area (Å²) in [4.78, 5) is 33.3. The summed E-state index contributed by atoms with van der Waals surface area (Å²) in [7, 11) is 0. The summed E-state index contributed by atoms with van der Waals surface area (Å²) in [5.74, 6) is 0.376. The van der Waals surface area contributed by atoms with E-state index in [1.54, 1.807) is 30.5 Å². The van der Waals surface area contributed by atoms with Crippen LogP contribution in [0.2, 0.25) is 0 Å². The predicted octanol–water partition coefficient (Wildman–Crippen LogP) is 7.12. The number of thiazole rings is 1. The highest BCUT2D eigenvalue weighted by Gasteiger charge is 2.27. The van der Waals surface area contributed by atoms with Crippen LogP contribution in [0.5, 0.6) is 0 Å². The molecule has 0 unspecified atom stereocenters. The van der Waals surface area contributed by atoms with Gasteiger partial charge in [0.1, 0.15) is 16.9 Å². The molecule has 1 amide bonds. The number of hydrogen-bond acceptors (Lipinski definition) is 6. The van der Waals surface area contributed by atoms with Crippen molar-refractivity contribution >= 4 is 54.3 Å². The van der Waals surface area contributed by atoms with Crippen LogP contribution in [0.15, 0.2) is 92.7 Å². The van der Waals surface area contributed by atoms with Gasteiger partial charge < -0.3 is 8.83 Å². The molecule has 178 valence electrons. The highest BCUT2D eigenvalue weighted by Crippen LogP contribution is 2.35. The molecule has 0 fully saturated rings. The molecule has 0 N–H and O–H groups in total. The van der Waals surface area contributed by atoms with E-state index in [0.29, 0.717) is 21.9 Å². The molecule has 6 aromatic rings. The molecule has 0 atom stereocenters. The van der Waals surface area contributed by atoms with E-state index in [1.165, 1.54) is 16.2 Å². The molecule has 0 aliphatic rings. The fourth-order valence-corrected chi connectivity index (χ4v) is 5.49. The van der Waals surface area contributed by atoms with Crippen LogP contribution in [0, 0.1) is 0 Å². The van der Waals surface area contributed by atoms with Gasteiger partial charge in [-0.1, -0.05) is 67.6 Å². The average Bonchev–Trinajstić information content (AvgIpc) is 3.55. The molecule has 0 spiro atoms. The number of para-hydroxylation sites is 1. The lowest BCUT2D eigenvalue weighted by molar-refractivity contribution is 0.0980. The van der Waals surface area contributed by atoms with Gasteiger partial charge in [0, 0.05) is 5.39 Å². The van der Waals surface area contributed by atoms with Gasteiger partial charge >= 0.3 is 5.63 Å². The maximum absolute atomic E-state index is 14.0. The minimum absolute atomic E-state index is 0.0475. The second-order valence-electron chi connectivity index (χ2n) is 8.96. The second kappa shape index (κ2) is 8.77. The topological polar surface area (TPSA) is 76.6 Å². The van der Waals surface area contributed by atoms with Crippen LogP contribution in [-0.2, 0) is 6.54 Å². The summed E-state index contributed by atoms with van der Waals surface area (Å²) < 4.78 is 12.1. The molecule has 0 aliphatic carbocycles. The highest BCUT2D eigenvalue weighted by atomic mass is 32.1. The molecule has 6 rings (SSSR count). The minimum atomic E-state index is -0.684. The zero-order valence-corrected chi connectivity index (χ0v) is 20.5. The third-order valence-corrected chi connectivity index (χ3v) is 7.35. The Hall–Kier alpha value is -4.23. The van der Waals surface area contributed by atoms with Crippen LogP contribution < -0.4 is 10.5 Å². The lowest BCUT2D eigenvalue weighted by Gasteiger charge is -2.18. The van der Waals surface area contributed by atoms with Crippen molar-refractivity contribution in [3.63, 3.8) is 0 Å². The molecule has 0 saturated heterocycles. The predicted molar refractivity (Wildman–Crippen MR) is 143 cm³/mol. The number of fused-ring (bicyclic) bond motifs is 4. The monoisotopic (exact) mass is 494 g/mol. The molecule has 0 saturated carbocycles. The number of rotatable bonds is 5. The molecule has 36 heavy (non-hydrogen) atoms. The van der Waals surface area contributed by atoms with Crippen molar-refractivity contribution in [1.82, 2.24) is 4.98 Å². The zero-order valence-electron chi connectivity index (χ0n) is 19.7. The molecule has 3 aromatic heterocycles. The van der Waals surface area contributed by atoms with E-state index >= 15 is 0 Å². The Kier molecular flexibility index (Phi) is 5.42. The number of carbonyl (C=O) groups is 1. The van der Waals surface area contributed by atoms with Gasteiger partial charge in [-0.15, -0.1) is 0 Å². The van der Waals surface area contributed by atoms with Gasteiger partial charge in [-0.25, -0.2) is 9.78 Å². The number of hydrogen-bond donors (Lipinski definition) is 0. The second-order valence-corrected chi connectivity index (χ2v) is 9.97. The van der Waals surface area contributed by atoms with Crippen molar-refractivity contribution in [2.24, 2.45) is 0 Å².